The zero-order chi connectivity index (χ0) is 23.1. The van der Waals surface area contributed by atoms with E-state index >= 15 is 0 Å². The number of nitrogens with one attached hydrogen (secondary N) is 1. The van der Waals surface area contributed by atoms with Gasteiger partial charge in [0.05, 0.1) is 24.6 Å². The maximum absolute atomic E-state index is 12.6. The molecule has 0 radical (unpaired) electrons. The Hall–Kier alpha value is -0.680. The van der Waals surface area contributed by atoms with Crippen molar-refractivity contribution in [2.24, 2.45) is 5.92 Å². The van der Waals surface area contributed by atoms with Crippen molar-refractivity contribution >= 4 is 12.1 Å². The molecule has 1 amide bonds. The number of carbonyl (C=O) groups is 2. The minimum atomic E-state index is -1.11. The molecule has 9 nitrogen and oxygen atoms in total. The van der Waals surface area contributed by atoms with Crippen molar-refractivity contribution in [1.82, 2.24) is 10.2 Å². The standard InChI is InChI=1S/C23H36N2O7.Na/c1-14(2)5-6-17-22(3,32-17)20-19(29-4)16(7-9-23(20)13-30-23)31-21(28)24-15-8-10-25(11-15)12-18(26)27;/h5,15-17,19-20H,6-13H2,1-4H3,(H,24,28)(H,26,27);/q;+1/p-1/t15?,16-,17-,19-,20-,22+,23+;/m1./s1. The minimum Gasteiger partial charge on any atom is -0.549 e. The normalized spacial score (nSPS) is 39.5. The molecule has 33 heavy (non-hydrogen) atoms. The molecule has 1 unspecified atom stereocenters. The molecule has 3 aliphatic heterocycles. The van der Waals surface area contributed by atoms with Crippen molar-refractivity contribution in [2.75, 3.05) is 33.4 Å². The van der Waals surface area contributed by atoms with E-state index in [1.54, 1.807) is 12.0 Å². The number of likely N-dealkylation sites (tertiary alicyclic amines) is 1. The van der Waals surface area contributed by atoms with Crippen LogP contribution < -0.4 is 40.0 Å². The van der Waals surface area contributed by atoms with E-state index in [2.05, 4.69) is 32.2 Å². The zero-order valence-corrected chi connectivity index (χ0v) is 22.4. The average Bonchev–Trinajstić information content (AvgIpc) is 3.58. The number of rotatable bonds is 8. The molecular weight excluding hydrogens is 439 g/mol. The topological polar surface area (TPSA) is 116 Å². The van der Waals surface area contributed by atoms with Crippen LogP contribution in [0.4, 0.5) is 4.79 Å². The summed E-state index contributed by atoms with van der Waals surface area (Å²) < 4.78 is 23.9. The summed E-state index contributed by atoms with van der Waals surface area (Å²) in [6, 6.07) is -0.141. The number of methoxy groups -OCH3 is 1. The van der Waals surface area contributed by atoms with Gasteiger partial charge in [-0.25, -0.2) is 4.79 Å². The molecule has 0 aromatic carbocycles. The van der Waals surface area contributed by atoms with E-state index in [0.29, 0.717) is 32.5 Å². The third-order valence-electron chi connectivity index (χ3n) is 7.44. The van der Waals surface area contributed by atoms with Crippen LogP contribution in [0.1, 0.15) is 46.5 Å². The number of nitrogens with zero attached hydrogens (tertiary/aromatic N) is 1. The molecule has 0 aromatic heterocycles. The van der Waals surface area contributed by atoms with Gasteiger partial charge in [-0.1, -0.05) is 11.6 Å². The Kier molecular flexibility index (Phi) is 8.58. The van der Waals surface area contributed by atoms with Gasteiger partial charge in [0.15, 0.2) is 0 Å². The summed E-state index contributed by atoms with van der Waals surface area (Å²) in [5.74, 6) is -1.13. The van der Waals surface area contributed by atoms with E-state index in [1.165, 1.54) is 5.57 Å². The van der Waals surface area contributed by atoms with Crippen LogP contribution >= 0.6 is 0 Å². The molecule has 1 aliphatic carbocycles. The summed E-state index contributed by atoms with van der Waals surface area (Å²) in [6.45, 7) is 7.90. The molecule has 3 saturated heterocycles. The Morgan fingerprint density at radius 3 is 2.64 bits per heavy atom. The summed E-state index contributed by atoms with van der Waals surface area (Å²) in [5, 5.41) is 13.7. The molecule has 0 aromatic rings. The molecule has 4 aliphatic rings. The van der Waals surface area contributed by atoms with E-state index in [-0.39, 0.29) is 71.5 Å². The predicted molar refractivity (Wildman–Crippen MR) is 113 cm³/mol. The average molecular weight is 475 g/mol. The van der Waals surface area contributed by atoms with Gasteiger partial charge in [0.25, 0.3) is 0 Å². The molecule has 0 bridgehead atoms. The number of carboxylic acid groups (broad SMARTS) is 1. The second-order valence-electron chi connectivity index (χ2n) is 10.1. The number of aliphatic carboxylic acids is 1. The van der Waals surface area contributed by atoms with Crippen LogP contribution in [0.3, 0.4) is 0 Å². The quantitative estimate of drug-likeness (QED) is 0.236. The molecule has 4 fully saturated rings. The van der Waals surface area contributed by atoms with Gasteiger partial charge >= 0.3 is 35.7 Å². The first-order valence-electron chi connectivity index (χ1n) is 11.5. The first-order valence-corrected chi connectivity index (χ1v) is 11.5. The predicted octanol–water partition coefficient (Wildman–Crippen LogP) is -2.38. The molecule has 1 saturated carbocycles. The SMILES string of the molecule is CO[C@@H]1[C@H](OC(=O)NC2CCN(CC(=O)[O-])C2)CC[C@]2(CO2)[C@H]1[C@@]1(C)O[C@@H]1CC=C(C)C.[Na+]. The second-order valence-corrected chi connectivity index (χ2v) is 10.1. The Morgan fingerprint density at radius 2 is 2.03 bits per heavy atom. The monoisotopic (exact) mass is 474 g/mol. The molecule has 180 valence electrons. The Morgan fingerprint density at radius 1 is 1.30 bits per heavy atom. The zero-order valence-electron chi connectivity index (χ0n) is 20.4. The number of ether oxygens (including phenoxy) is 4. The number of amides is 1. The summed E-state index contributed by atoms with van der Waals surface area (Å²) in [5.41, 5.74) is 0.621. The molecule has 3 heterocycles. The van der Waals surface area contributed by atoms with E-state index in [1.807, 2.05) is 0 Å². The third-order valence-corrected chi connectivity index (χ3v) is 7.44. The fraction of sp³-hybridized carbons (Fsp3) is 0.826. The van der Waals surface area contributed by atoms with Crippen LogP contribution in [0.5, 0.6) is 0 Å². The van der Waals surface area contributed by atoms with Crippen LogP contribution in [0.15, 0.2) is 11.6 Å². The van der Waals surface area contributed by atoms with Crippen molar-refractivity contribution in [3.05, 3.63) is 11.6 Å². The van der Waals surface area contributed by atoms with Crippen molar-refractivity contribution in [1.29, 1.82) is 0 Å². The fourth-order valence-corrected chi connectivity index (χ4v) is 5.69. The summed E-state index contributed by atoms with van der Waals surface area (Å²) in [4.78, 5) is 25.2. The first kappa shape index (κ1) is 26.9. The Balaban J connectivity index is 0.00000306. The molecular formula is C23H35N2NaO7. The van der Waals surface area contributed by atoms with Gasteiger partial charge in [-0.15, -0.1) is 0 Å². The largest absolute Gasteiger partial charge is 1.00 e. The third kappa shape index (κ3) is 5.94. The van der Waals surface area contributed by atoms with Gasteiger partial charge < -0.3 is 34.2 Å². The number of epoxide rings is 2. The molecule has 1 N–H and O–H groups in total. The van der Waals surface area contributed by atoms with Gasteiger partial charge in [-0.05, 0) is 46.5 Å². The van der Waals surface area contributed by atoms with Gasteiger partial charge in [0.2, 0.25) is 0 Å². The number of hydrogen-bond acceptors (Lipinski definition) is 8. The van der Waals surface area contributed by atoms with Crippen molar-refractivity contribution in [3.8, 4) is 0 Å². The van der Waals surface area contributed by atoms with E-state index in [4.69, 9.17) is 18.9 Å². The minimum absolute atomic E-state index is 0. The number of hydrogen-bond donors (Lipinski definition) is 1. The number of carboxylic acids is 1. The Labute approximate surface area is 217 Å². The summed E-state index contributed by atoms with van der Waals surface area (Å²) in [7, 11) is 1.65. The molecule has 10 heteroatoms. The second kappa shape index (κ2) is 10.5. The van der Waals surface area contributed by atoms with Crippen molar-refractivity contribution in [3.63, 3.8) is 0 Å². The van der Waals surface area contributed by atoms with Crippen molar-refractivity contribution in [2.45, 2.75) is 82.0 Å². The van der Waals surface area contributed by atoms with Gasteiger partial charge in [-0.2, -0.15) is 0 Å². The smallest absolute Gasteiger partial charge is 0.549 e. The maximum Gasteiger partial charge on any atom is 1.00 e. The molecule has 7 atom stereocenters. The van der Waals surface area contributed by atoms with Crippen LogP contribution in [-0.4, -0.2) is 85.9 Å². The molecule has 4 rings (SSSR count). The first-order chi connectivity index (χ1) is 15.2. The van der Waals surface area contributed by atoms with Gasteiger partial charge in [0.1, 0.15) is 23.4 Å². The maximum atomic E-state index is 12.6. The number of allylic oxidation sites excluding steroid dienone is 1. The summed E-state index contributed by atoms with van der Waals surface area (Å²) >= 11 is 0. The molecule has 1 spiro atoms. The van der Waals surface area contributed by atoms with Crippen LogP contribution in [0.2, 0.25) is 0 Å². The van der Waals surface area contributed by atoms with E-state index in [9.17, 15) is 14.7 Å². The number of carbonyl (C=O) groups excluding carboxylic acids is 2. The van der Waals surface area contributed by atoms with E-state index in [0.717, 1.165) is 12.8 Å². The fourth-order valence-electron chi connectivity index (χ4n) is 5.69. The van der Waals surface area contributed by atoms with Crippen molar-refractivity contribution < 1.29 is 63.2 Å². The number of alkyl carbamates (subject to hydrolysis) is 1. The summed E-state index contributed by atoms with van der Waals surface area (Å²) in [6.07, 6.45) is 4.06. The van der Waals surface area contributed by atoms with Gasteiger partial charge in [0, 0.05) is 32.8 Å². The Bertz CT molecular complexity index is 770. The van der Waals surface area contributed by atoms with Crippen LogP contribution in [-0.2, 0) is 23.7 Å². The van der Waals surface area contributed by atoms with Crippen LogP contribution in [0, 0.1) is 5.92 Å². The van der Waals surface area contributed by atoms with Crippen LogP contribution in [0.25, 0.3) is 0 Å². The van der Waals surface area contributed by atoms with E-state index < -0.39 is 18.2 Å². The van der Waals surface area contributed by atoms with Gasteiger partial charge in [-0.3, -0.25) is 4.90 Å².